The number of amides is 1. The third-order valence-corrected chi connectivity index (χ3v) is 5.99. The molecule has 0 aliphatic heterocycles. The fraction of sp³-hybridized carbons (Fsp3) is 0.292. The van der Waals surface area contributed by atoms with E-state index in [-0.39, 0.29) is 34.7 Å². The molecule has 4 N–H and O–H groups in total. The fourth-order valence-corrected chi connectivity index (χ4v) is 3.70. The van der Waals surface area contributed by atoms with Gasteiger partial charge in [-0.1, -0.05) is 13.8 Å². The molecule has 0 saturated heterocycles. The number of nitrogens with one attached hydrogen (secondary N) is 2. The Morgan fingerprint density at radius 1 is 1.11 bits per heavy atom. The molecule has 3 aromatic rings. The molecule has 35 heavy (non-hydrogen) atoms. The Bertz CT molecular complexity index is 1320. The zero-order valence-electron chi connectivity index (χ0n) is 19.5. The maximum absolute atomic E-state index is 12.7. The Labute approximate surface area is 202 Å². The van der Waals surface area contributed by atoms with Crippen molar-refractivity contribution in [2.24, 2.45) is 5.92 Å². The number of nitrogens with zero attached hydrogens (tertiary/aromatic N) is 1. The summed E-state index contributed by atoms with van der Waals surface area (Å²) in [5.74, 6) is -0.230. The Kier molecular flexibility index (Phi) is 8.05. The number of aliphatic hydroxyl groups is 2. The van der Waals surface area contributed by atoms with Crippen molar-refractivity contribution in [2.75, 3.05) is 19.4 Å². The van der Waals surface area contributed by atoms with Crippen molar-refractivity contribution in [1.29, 1.82) is 0 Å². The Morgan fingerprint density at radius 2 is 1.86 bits per heavy atom. The summed E-state index contributed by atoms with van der Waals surface area (Å²) in [7, 11) is -3.45. The molecule has 186 valence electrons. The number of rotatable bonds is 10. The highest BCUT2D eigenvalue weighted by molar-refractivity contribution is 7.90. The zero-order valence-corrected chi connectivity index (χ0v) is 20.3. The van der Waals surface area contributed by atoms with Gasteiger partial charge in [0.15, 0.2) is 20.6 Å². The van der Waals surface area contributed by atoms with E-state index in [2.05, 4.69) is 15.3 Å². The van der Waals surface area contributed by atoms with Crippen LogP contribution in [0.2, 0.25) is 0 Å². The van der Waals surface area contributed by atoms with E-state index < -0.39 is 28.5 Å². The average Bonchev–Trinajstić information content (AvgIpc) is 3.32. The van der Waals surface area contributed by atoms with Crippen LogP contribution in [0.15, 0.2) is 53.7 Å². The number of sulfone groups is 1. The van der Waals surface area contributed by atoms with E-state index in [9.17, 15) is 23.1 Å². The number of hydrogen-bond donors (Lipinski definition) is 4. The van der Waals surface area contributed by atoms with Crippen LogP contribution in [0, 0.1) is 5.92 Å². The van der Waals surface area contributed by atoms with Crippen LogP contribution in [-0.2, 0) is 9.84 Å². The second-order valence-electron chi connectivity index (χ2n) is 8.30. The quantitative estimate of drug-likeness (QED) is 0.308. The number of carbonyl (C=O) groups is 2. The molecule has 2 heterocycles. The van der Waals surface area contributed by atoms with Gasteiger partial charge >= 0.3 is 0 Å². The molecule has 3 rings (SSSR count). The van der Waals surface area contributed by atoms with Crippen LogP contribution in [0.1, 0.15) is 34.7 Å². The lowest BCUT2D eigenvalue weighted by molar-refractivity contribution is 0.0799. The zero-order chi connectivity index (χ0) is 25.8. The third kappa shape index (κ3) is 6.75. The standard InChI is InChI=1S/C24H27N3O7S/c1-14(2)23(30)16-8-15(20-5-6-21(27-20)24(31)26-11-17(29)13-28)9-19(10-16)34-18-4-7-22(25-12-18)35(3,32)33/h4-10,12,14,17,27-29H,11,13H2,1-3H3,(H,26,31)/t17-/m0/s1. The highest BCUT2D eigenvalue weighted by atomic mass is 32.2. The van der Waals surface area contributed by atoms with Gasteiger partial charge in [-0.25, -0.2) is 13.4 Å². The first-order valence-corrected chi connectivity index (χ1v) is 12.7. The molecule has 0 radical (unpaired) electrons. The first-order chi connectivity index (χ1) is 16.5. The largest absolute Gasteiger partial charge is 0.456 e. The molecule has 0 aliphatic carbocycles. The van der Waals surface area contributed by atoms with Gasteiger partial charge in [-0.15, -0.1) is 0 Å². The number of hydrogen-bond acceptors (Lipinski definition) is 8. The van der Waals surface area contributed by atoms with E-state index in [0.29, 0.717) is 22.6 Å². The van der Waals surface area contributed by atoms with Gasteiger partial charge in [0.1, 0.15) is 17.2 Å². The van der Waals surface area contributed by atoms with Crippen molar-refractivity contribution < 1.29 is 33.0 Å². The van der Waals surface area contributed by atoms with Crippen LogP contribution in [0.5, 0.6) is 11.5 Å². The van der Waals surface area contributed by atoms with Gasteiger partial charge in [-0.3, -0.25) is 9.59 Å². The van der Waals surface area contributed by atoms with Crippen LogP contribution >= 0.6 is 0 Å². The molecule has 2 aromatic heterocycles. The first kappa shape index (κ1) is 26.1. The summed E-state index contributed by atoms with van der Waals surface area (Å²) in [6.07, 6.45) is 1.28. The summed E-state index contributed by atoms with van der Waals surface area (Å²) in [5, 5.41) is 20.7. The molecule has 0 saturated carbocycles. The molecule has 1 atom stereocenters. The molecule has 0 bridgehead atoms. The Balaban J connectivity index is 1.91. The molecule has 0 fully saturated rings. The predicted octanol–water partition coefficient (Wildman–Crippen LogP) is 2.19. The van der Waals surface area contributed by atoms with Crippen molar-refractivity contribution in [3.8, 4) is 22.8 Å². The Hall–Kier alpha value is -3.54. The van der Waals surface area contributed by atoms with Gasteiger partial charge in [0.2, 0.25) is 0 Å². The number of benzene rings is 1. The van der Waals surface area contributed by atoms with Gasteiger partial charge in [0.25, 0.3) is 5.91 Å². The lowest BCUT2D eigenvalue weighted by Gasteiger charge is -2.12. The van der Waals surface area contributed by atoms with Crippen LogP contribution < -0.4 is 10.1 Å². The number of Topliss-reactive ketones (excluding diaryl/α,β-unsaturated/α-hetero) is 1. The van der Waals surface area contributed by atoms with E-state index in [1.807, 2.05) is 0 Å². The molecule has 10 nitrogen and oxygen atoms in total. The lowest BCUT2D eigenvalue weighted by Crippen LogP contribution is -2.34. The molecule has 1 aromatic carbocycles. The SMILES string of the molecule is CC(C)C(=O)c1cc(Oc2ccc(S(C)(=O)=O)nc2)cc(-c2ccc(C(=O)NC[C@H](O)CO)[nH]2)c1. The number of aromatic amines is 1. The van der Waals surface area contributed by atoms with E-state index in [1.165, 1.54) is 18.3 Å². The van der Waals surface area contributed by atoms with E-state index in [0.717, 1.165) is 6.26 Å². The number of aliphatic hydroxyl groups excluding tert-OH is 2. The molecular formula is C24H27N3O7S. The minimum atomic E-state index is -3.45. The first-order valence-electron chi connectivity index (χ1n) is 10.8. The smallest absolute Gasteiger partial charge is 0.267 e. The van der Waals surface area contributed by atoms with Crippen molar-refractivity contribution in [3.05, 3.63) is 59.9 Å². The van der Waals surface area contributed by atoms with Crippen LogP contribution in [0.4, 0.5) is 0 Å². The lowest BCUT2D eigenvalue weighted by atomic mass is 9.98. The minimum Gasteiger partial charge on any atom is -0.456 e. The topological polar surface area (TPSA) is 159 Å². The number of carbonyl (C=O) groups excluding carboxylic acids is 2. The number of pyridine rings is 1. The number of aromatic nitrogens is 2. The monoisotopic (exact) mass is 501 g/mol. The van der Waals surface area contributed by atoms with Crippen molar-refractivity contribution in [1.82, 2.24) is 15.3 Å². The van der Waals surface area contributed by atoms with Gasteiger partial charge in [-0.05, 0) is 42.5 Å². The predicted molar refractivity (Wildman–Crippen MR) is 128 cm³/mol. The summed E-state index contributed by atoms with van der Waals surface area (Å²) >= 11 is 0. The summed E-state index contributed by atoms with van der Waals surface area (Å²) in [6, 6.07) is 11.0. The normalized spacial score (nSPS) is 12.4. The number of ketones is 1. The highest BCUT2D eigenvalue weighted by Crippen LogP contribution is 2.30. The second-order valence-corrected chi connectivity index (χ2v) is 10.3. The van der Waals surface area contributed by atoms with E-state index in [1.54, 1.807) is 44.2 Å². The number of H-pyrrole nitrogens is 1. The number of ether oxygens (including phenoxy) is 1. The van der Waals surface area contributed by atoms with Gasteiger partial charge < -0.3 is 25.3 Å². The van der Waals surface area contributed by atoms with E-state index in [4.69, 9.17) is 9.84 Å². The average molecular weight is 502 g/mol. The van der Waals surface area contributed by atoms with Crippen molar-refractivity contribution in [2.45, 2.75) is 25.0 Å². The van der Waals surface area contributed by atoms with Crippen molar-refractivity contribution in [3.63, 3.8) is 0 Å². The highest BCUT2D eigenvalue weighted by Gasteiger charge is 2.17. The molecule has 0 spiro atoms. The van der Waals surface area contributed by atoms with Crippen LogP contribution in [0.25, 0.3) is 11.3 Å². The van der Waals surface area contributed by atoms with Crippen molar-refractivity contribution >= 4 is 21.5 Å². The summed E-state index contributed by atoms with van der Waals surface area (Å²) < 4.78 is 29.1. The molecule has 0 aliphatic rings. The van der Waals surface area contributed by atoms with Crippen LogP contribution in [-0.4, -0.2) is 65.8 Å². The maximum atomic E-state index is 12.7. The molecular weight excluding hydrogens is 474 g/mol. The minimum absolute atomic E-state index is 0.0852. The second kappa shape index (κ2) is 10.8. The summed E-state index contributed by atoms with van der Waals surface area (Å²) in [6.45, 7) is 2.98. The van der Waals surface area contributed by atoms with Crippen LogP contribution in [0.3, 0.4) is 0 Å². The van der Waals surface area contributed by atoms with Gasteiger partial charge in [0, 0.05) is 35.5 Å². The van der Waals surface area contributed by atoms with Gasteiger partial charge in [-0.2, -0.15) is 0 Å². The Morgan fingerprint density at radius 3 is 2.46 bits per heavy atom. The van der Waals surface area contributed by atoms with Gasteiger partial charge in [0.05, 0.1) is 18.9 Å². The summed E-state index contributed by atoms with van der Waals surface area (Å²) in [5.41, 5.74) is 1.77. The van der Waals surface area contributed by atoms with E-state index >= 15 is 0 Å². The summed E-state index contributed by atoms with van der Waals surface area (Å²) in [4.78, 5) is 31.9. The third-order valence-electron chi connectivity index (χ3n) is 4.99. The molecule has 0 unspecified atom stereocenters. The molecule has 1 amide bonds. The maximum Gasteiger partial charge on any atom is 0.267 e. The molecule has 11 heteroatoms. The fourth-order valence-electron chi connectivity index (χ4n) is 3.14.